The Morgan fingerprint density at radius 3 is 1.15 bits per heavy atom. The van der Waals surface area contributed by atoms with Crippen LogP contribution in [-0.4, -0.2) is 118 Å². The predicted octanol–water partition coefficient (Wildman–Crippen LogP) is 4.77. The van der Waals surface area contributed by atoms with Crippen molar-refractivity contribution in [2.45, 2.75) is 71.1 Å². The minimum atomic E-state index is -0.133. The molecule has 0 aromatic heterocycles. The summed E-state index contributed by atoms with van der Waals surface area (Å²) in [6.45, 7) is 14.3. The lowest BCUT2D eigenvalue weighted by molar-refractivity contribution is -0.145. The number of carbonyl (C=O) groups excluding carboxylic acids is 1. The van der Waals surface area contributed by atoms with Crippen LogP contribution in [0.4, 0.5) is 0 Å². The SMILES string of the molecule is C=CCOCCOCCOCCOCCOCCOCCOCCOCCOC(=O)CCCCCCCCCCC. The van der Waals surface area contributed by atoms with Crippen LogP contribution in [0.3, 0.4) is 0 Å². The fourth-order valence-electron chi connectivity index (χ4n) is 3.57. The second kappa shape index (κ2) is 36.9. The zero-order chi connectivity index (χ0) is 29.7. The highest BCUT2D eigenvalue weighted by Crippen LogP contribution is 2.10. The highest BCUT2D eigenvalue weighted by molar-refractivity contribution is 5.69. The molecule has 0 aliphatic rings. The second-order valence-corrected chi connectivity index (χ2v) is 9.45. The molecular formula is C31H60O10. The van der Waals surface area contributed by atoms with Crippen LogP contribution >= 0.6 is 0 Å². The number of rotatable bonds is 36. The molecule has 10 heteroatoms. The Balaban J connectivity index is 3.11. The average molecular weight is 593 g/mol. The van der Waals surface area contributed by atoms with E-state index in [-0.39, 0.29) is 5.97 Å². The number of carbonyl (C=O) groups is 1. The van der Waals surface area contributed by atoms with Gasteiger partial charge in [-0.3, -0.25) is 4.79 Å². The maximum Gasteiger partial charge on any atom is 0.305 e. The van der Waals surface area contributed by atoms with Crippen LogP contribution in [-0.2, 0) is 47.4 Å². The number of esters is 1. The van der Waals surface area contributed by atoms with Crippen molar-refractivity contribution in [3.8, 4) is 0 Å². The summed E-state index contributed by atoms with van der Waals surface area (Å²) >= 11 is 0. The molecule has 0 heterocycles. The Hall–Kier alpha value is -1.11. The van der Waals surface area contributed by atoms with Crippen molar-refractivity contribution in [1.82, 2.24) is 0 Å². The molecular weight excluding hydrogens is 532 g/mol. The van der Waals surface area contributed by atoms with E-state index in [0.29, 0.717) is 119 Å². The standard InChI is InChI=1S/C31H60O10/c1-3-5-6-7-8-9-10-11-12-13-31(32)41-30-29-40-28-27-39-26-25-38-24-23-37-22-21-36-20-19-35-18-17-34-16-15-33-14-4-2/h4H,2-3,5-30H2,1H3. The molecule has 0 aliphatic heterocycles. The fraction of sp³-hybridized carbons (Fsp3) is 0.903. The van der Waals surface area contributed by atoms with Crippen molar-refractivity contribution in [1.29, 1.82) is 0 Å². The van der Waals surface area contributed by atoms with E-state index in [4.69, 9.17) is 42.6 Å². The van der Waals surface area contributed by atoms with Crippen molar-refractivity contribution in [2.24, 2.45) is 0 Å². The van der Waals surface area contributed by atoms with Gasteiger partial charge in [0.2, 0.25) is 0 Å². The fourth-order valence-corrected chi connectivity index (χ4v) is 3.57. The molecule has 0 rings (SSSR count). The van der Waals surface area contributed by atoms with Crippen LogP contribution < -0.4 is 0 Å². The van der Waals surface area contributed by atoms with E-state index < -0.39 is 0 Å². The first-order valence-corrected chi connectivity index (χ1v) is 15.7. The first-order chi connectivity index (χ1) is 20.3. The summed E-state index contributed by atoms with van der Waals surface area (Å²) in [6.07, 6.45) is 13.3. The summed E-state index contributed by atoms with van der Waals surface area (Å²) in [4.78, 5) is 11.7. The second-order valence-electron chi connectivity index (χ2n) is 9.45. The smallest absolute Gasteiger partial charge is 0.305 e. The molecule has 41 heavy (non-hydrogen) atoms. The van der Waals surface area contributed by atoms with Gasteiger partial charge in [-0.1, -0.05) is 64.4 Å². The lowest BCUT2D eigenvalue weighted by Crippen LogP contribution is -2.15. The van der Waals surface area contributed by atoms with Crippen LogP contribution in [0, 0.1) is 0 Å². The molecule has 0 atom stereocenters. The van der Waals surface area contributed by atoms with Gasteiger partial charge in [-0.05, 0) is 6.42 Å². The van der Waals surface area contributed by atoms with Gasteiger partial charge in [0.15, 0.2) is 0 Å². The molecule has 0 N–H and O–H groups in total. The molecule has 0 saturated heterocycles. The van der Waals surface area contributed by atoms with E-state index in [2.05, 4.69) is 13.5 Å². The van der Waals surface area contributed by atoms with Crippen LogP contribution in [0.15, 0.2) is 12.7 Å². The van der Waals surface area contributed by atoms with Crippen molar-refractivity contribution < 1.29 is 47.4 Å². The van der Waals surface area contributed by atoms with Gasteiger partial charge >= 0.3 is 5.97 Å². The Bertz CT molecular complexity index is 521. The third-order valence-electron chi connectivity index (χ3n) is 5.81. The normalized spacial score (nSPS) is 11.2. The summed E-state index contributed by atoms with van der Waals surface area (Å²) in [7, 11) is 0. The summed E-state index contributed by atoms with van der Waals surface area (Å²) < 4.78 is 48.5. The highest BCUT2D eigenvalue weighted by atomic mass is 16.6. The quantitative estimate of drug-likeness (QED) is 0.0575. The van der Waals surface area contributed by atoms with Crippen LogP contribution in [0.2, 0.25) is 0 Å². The molecule has 0 bridgehead atoms. The van der Waals surface area contributed by atoms with Crippen LogP contribution in [0.5, 0.6) is 0 Å². The number of hydrogen-bond acceptors (Lipinski definition) is 10. The lowest BCUT2D eigenvalue weighted by Gasteiger charge is -2.09. The van der Waals surface area contributed by atoms with Gasteiger partial charge in [0.25, 0.3) is 0 Å². The minimum absolute atomic E-state index is 0.133. The monoisotopic (exact) mass is 592 g/mol. The van der Waals surface area contributed by atoms with Gasteiger partial charge in [-0.2, -0.15) is 0 Å². The van der Waals surface area contributed by atoms with Gasteiger partial charge < -0.3 is 42.6 Å². The maximum absolute atomic E-state index is 11.7. The number of unbranched alkanes of at least 4 members (excludes halogenated alkanes) is 8. The van der Waals surface area contributed by atoms with E-state index >= 15 is 0 Å². The Morgan fingerprint density at radius 2 is 0.780 bits per heavy atom. The van der Waals surface area contributed by atoms with Gasteiger partial charge in [-0.25, -0.2) is 0 Å². The van der Waals surface area contributed by atoms with Gasteiger partial charge in [0.05, 0.1) is 106 Å². The first kappa shape index (κ1) is 39.9. The van der Waals surface area contributed by atoms with Crippen LogP contribution in [0.1, 0.15) is 71.1 Å². The maximum atomic E-state index is 11.7. The minimum Gasteiger partial charge on any atom is -0.463 e. The highest BCUT2D eigenvalue weighted by Gasteiger charge is 2.03. The third-order valence-corrected chi connectivity index (χ3v) is 5.81. The molecule has 0 aliphatic carbocycles. The largest absolute Gasteiger partial charge is 0.463 e. The zero-order valence-electron chi connectivity index (χ0n) is 26.0. The molecule has 0 unspecified atom stereocenters. The molecule has 0 fully saturated rings. The lowest BCUT2D eigenvalue weighted by atomic mass is 10.1. The summed E-state index contributed by atoms with van der Waals surface area (Å²) in [5.74, 6) is -0.133. The summed E-state index contributed by atoms with van der Waals surface area (Å²) in [5, 5.41) is 0. The predicted molar refractivity (Wildman–Crippen MR) is 160 cm³/mol. The Kier molecular flexibility index (Phi) is 35.9. The Labute approximate surface area is 249 Å². The third kappa shape index (κ3) is 36.9. The van der Waals surface area contributed by atoms with Crippen LogP contribution in [0.25, 0.3) is 0 Å². The van der Waals surface area contributed by atoms with E-state index in [1.165, 1.54) is 44.9 Å². The van der Waals surface area contributed by atoms with Gasteiger partial charge in [-0.15, -0.1) is 6.58 Å². The van der Waals surface area contributed by atoms with E-state index in [1.54, 1.807) is 6.08 Å². The molecule has 0 saturated carbocycles. The summed E-state index contributed by atoms with van der Waals surface area (Å²) in [5.41, 5.74) is 0. The molecule has 0 amide bonds. The van der Waals surface area contributed by atoms with Crippen molar-refractivity contribution in [3.05, 3.63) is 12.7 Å². The van der Waals surface area contributed by atoms with E-state index in [1.807, 2.05) is 0 Å². The molecule has 0 aromatic carbocycles. The number of ether oxygens (including phenoxy) is 9. The molecule has 244 valence electrons. The molecule has 10 nitrogen and oxygen atoms in total. The van der Waals surface area contributed by atoms with Gasteiger partial charge in [0, 0.05) is 6.42 Å². The molecule has 0 aromatic rings. The molecule has 0 spiro atoms. The van der Waals surface area contributed by atoms with Crippen molar-refractivity contribution in [2.75, 3.05) is 112 Å². The Morgan fingerprint density at radius 1 is 0.463 bits per heavy atom. The molecule has 0 radical (unpaired) electrons. The zero-order valence-corrected chi connectivity index (χ0v) is 26.0. The average Bonchev–Trinajstić information content (AvgIpc) is 2.98. The van der Waals surface area contributed by atoms with E-state index in [0.717, 1.165) is 12.8 Å². The van der Waals surface area contributed by atoms with Gasteiger partial charge in [0.1, 0.15) is 6.61 Å². The first-order valence-electron chi connectivity index (χ1n) is 15.7. The number of hydrogen-bond donors (Lipinski definition) is 0. The van der Waals surface area contributed by atoms with Crippen molar-refractivity contribution >= 4 is 5.97 Å². The van der Waals surface area contributed by atoms with E-state index in [9.17, 15) is 4.79 Å². The topological polar surface area (TPSA) is 100 Å². The van der Waals surface area contributed by atoms with Crippen molar-refractivity contribution in [3.63, 3.8) is 0 Å². The summed E-state index contributed by atoms with van der Waals surface area (Å²) in [6, 6.07) is 0.